The Morgan fingerprint density at radius 2 is 1.77 bits per heavy atom. The molecule has 1 saturated heterocycles. The van der Waals surface area contributed by atoms with Crippen molar-refractivity contribution in [1.29, 1.82) is 0 Å². The van der Waals surface area contributed by atoms with Crippen molar-refractivity contribution in [2.75, 3.05) is 10.2 Å². The van der Waals surface area contributed by atoms with E-state index in [9.17, 15) is 9.59 Å². The Morgan fingerprint density at radius 1 is 1.09 bits per heavy atom. The van der Waals surface area contributed by atoms with Gasteiger partial charge in [-0.25, -0.2) is 0 Å². The molecule has 0 saturated carbocycles. The SMILES string of the molecule is O=C(Nc1ccc(Br)cc1)C1CCC(=O)N1c1ccccc1. The fourth-order valence-corrected chi connectivity index (χ4v) is 2.87. The largest absolute Gasteiger partial charge is 0.324 e. The fraction of sp³-hybridized carbons (Fsp3) is 0.176. The van der Waals surface area contributed by atoms with Crippen molar-refractivity contribution >= 4 is 39.1 Å². The number of rotatable bonds is 3. The number of hydrogen-bond donors (Lipinski definition) is 1. The Hall–Kier alpha value is -2.14. The number of carbonyl (C=O) groups excluding carboxylic acids is 2. The Kier molecular flexibility index (Phi) is 4.24. The van der Waals surface area contributed by atoms with Gasteiger partial charge in [-0.3, -0.25) is 14.5 Å². The first-order chi connectivity index (χ1) is 10.6. The predicted octanol–water partition coefficient (Wildman–Crippen LogP) is 3.58. The van der Waals surface area contributed by atoms with E-state index in [0.29, 0.717) is 12.8 Å². The van der Waals surface area contributed by atoms with Gasteiger partial charge >= 0.3 is 0 Å². The van der Waals surface area contributed by atoms with Crippen LogP contribution in [0.4, 0.5) is 11.4 Å². The van der Waals surface area contributed by atoms with E-state index in [4.69, 9.17) is 0 Å². The van der Waals surface area contributed by atoms with Crippen LogP contribution in [0.25, 0.3) is 0 Å². The smallest absolute Gasteiger partial charge is 0.247 e. The Morgan fingerprint density at radius 3 is 2.45 bits per heavy atom. The molecule has 112 valence electrons. The van der Waals surface area contributed by atoms with Gasteiger partial charge in [-0.1, -0.05) is 34.1 Å². The Bertz CT molecular complexity index is 686. The molecule has 0 aromatic heterocycles. The van der Waals surface area contributed by atoms with Gasteiger partial charge in [-0.2, -0.15) is 0 Å². The van der Waals surface area contributed by atoms with Crippen molar-refractivity contribution in [2.45, 2.75) is 18.9 Å². The minimum atomic E-state index is -0.460. The van der Waals surface area contributed by atoms with Crippen molar-refractivity contribution < 1.29 is 9.59 Å². The second kappa shape index (κ2) is 6.32. The van der Waals surface area contributed by atoms with Gasteiger partial charge in [-0.05, 0) is 42.8 Å². The molecule has 1 atom stereocenters. The molecule has 1 fully saturated rings. The normalized spacial score (nSPS) is 17.6. The third kappa shape index (κ3) is 3.04. The summed E-state index contributed by atoms with van der Waals surface area (Å²) in [6, 6.07) is 16.2. The van der Waals surface area contributed by atoms with Crippen LogP contribution in [0.5, 0.6) is 0 Å². The molecule has 0 aliphatic carbocycles. The zero-order valence-corrected chi connectivity index (χ0v) is 13.4. The molecule has 22 heavy (non-hydrogen) atoms. The average Bonchev–Trinajstić information content (AvgIpc) is 2.92. The van der Waals surface area contributed by atoms with E-state index in [1.807, 2.05) is 54.6 Å². The van der Waals surface area contributed by atoms with E-state index in [1.165, 1.54) is 0 Å². The van der Waals surface area contributed by atoms with Crippen molar-refractivity contribution in [3.05, 3.63) is 59.1 Å². The Labute approximate surface area is 137 Å². The molecular weight excluding hydrogens is 344 g/mol. The van der Waals surface area contributed by atoms with Crippen molar-refractivity contribution in [3.8, 4) is 0 Å². The van der Waals surface area contributed by atoms with Gasteiger partial charge < -0.3 is 5.32 Å². The molecule has 2 aromatic carbocycles. The molecule has 1 N–H and O–H groups in total. The third-order valence-electron chi connectivity index (χ3n) is 3.66. The van der Waals surface area contributed by atoms with Gasteiger partial charge in [0.1, 0.15) is 6.04 Å². The maximum absolute atomic E-state index is 12.5. The molecule has 1 aliphatic rings. The van der Waals surface area contributed by atoms with Crippen molar-refractivity contribution in [2.24, 2.45) is 0 Å². The van der Waals surface area contributed by atoms with E-state index in [-0.39, 0.29) is 11.8 Å². The van der Waals surface area contributed by atoms with Crippen molar-refractivity contribution in [1.82, 2.24) is 0 Å². The summed E-state index contributed by atoms with van der Waals surface area (Å²) in [5.74, 6) is -0.167. The van der Waals surface area contributed by atoms with Gasteiger partial charge in [0.05, 0.1) is 0 Å². The molecule has 0 radical (unpaired) electrons. The van der Waals surface area contributed by atoms with Crippen LogP contribution >= 0.6 is 15.9 Å². The fourth-order valence-electron chi connectivity index (χ4n) is 2.60. The minimum absolute atomic E-state index is 0.0119. The summed E-state index contributed by atoms with van der Waals surface area (Å²) >= 11 is 3.36. The molecule has 1 aliphatic heterocycles. The van der Waals surface area contributed by atoms with Gasteiger partial charge in [-0.15, -0.1) is 0 Å². The van der Waals surface area contributed by atoms with Gasteiger partial charge in [0, 0.05) is 22.3 Å². The lowest BCUT2D eigenvalue weighted by atomic mass is 10.2. The lowest BCUT2D eigenvalue weighted by molar-refractivity contribution is -0.120. The summed E-state index contributed by atoms with van der Waals surface area (Å²) in [6.07, 6.45) is 0.934. The lowest BCUT2D eigenvalue weighted by Crippen LogP contribution is -2.41. The summed E-state index contributed by atoms with van der Waals surface area (Å²) in [4.78, 5) is 26.2. The van der Waals surface area contributed by atoms with E-state index in [2.05, 4.69) is 21.2 Å². The van der Waals surface area contributed by atoms with E-state index < -0.39 is 6.04 Å². The molecule has 2 amide bonds. The number of anilines is 2. The topological polar surface area (TPSA) is 49.4 Å². The standard InChI is InChI=1S/C17H15BrN2O2/c18-12-6-8-13(9-7-12)19-17(22)15-10-11-16(21)20(15)14-4-2-1-3-5-14/h1-9,15H,10-11H2,(H,19,22). The van der Waals surface area contributed by atoms with Gasteiger partial charge in [0.2, 0.25) is 11.8 Å². The molecule has 0 bridgehead atoms. The summed E-state index contributed by atoms with van der Waals surface area (Å²) in [7, 11) is 0. The first-order valence-corrected chi connectivity index (χ1v) is 7.88. The third-order valence-corrected chi connectivity index (χ3v) is 4.19. The summed E-state index contributed by atoms with van der Waals surface area (Å²) in [5, 5.41) is 2.88. The summed E-state index contributed by atoms with van der Waals surface area (Å²) in [6.45, 7) is 0. The van der Waals surface area contributed by atoms with Crippen LogP contribution in [0.2, 0.25) is 0 Å². The molecule has 3 rings (SSSR count). The van der Waals surface area contributed by atoms with Crippen molar-refractivity contribution in [3.63, 3.8) is 0 Å². The molecule has 4 nitrogen and oxygen atoms in total. The van der Waals surface area contributed by atoms with Crippen LogP contribution in [0.1, 0.15) is 12.8 Å². The van der Waals surface area contributed by atoms with Crippen LogP contribution in [0.3, 0.4) is 0 Å². The highest BCUT2D eigenvalue weighted by Gasteiger charge is 2.36. The first-order valence-electron chi connectivity index (χ1n) is 7.09. The van der Waals surface area contributed by atoms with Gasteiger partial charge in [0.25, 0.3) is 0 Å². The maximum atomic E-state index is 12.5. The molecule has 1 heterocycles. The number of para-hydroxylation sites is 1. The second-order valence-electron chi connectivity index (χ2n) is 5.15. The van der Waals surface area contributed by atoms with E-state index >= 15 is 0 Å². The average molecular weight is 359 g/mol. The zero-order valence-electron chi connectivity index (χ0n) is 11.8. The molecular formula is C17H15BrN2O2. The summed E-state index contributed by atoms with van der Waals surface area (Å²) < 4.78 is 0.951. The highest BCUT2D eigenvalue weighted by Crippen LogP contribution is 2.27. The van der Waals surface area contributed by atoms with Crippen LogP contribution < -0.4 is 10.2 Å². The van der Waals surface area contributed by atoms with Crippen LogP contribution in [-0.4, -0.2) is 17.9 Å². The van der Waals surface area contributed by atoms with E-state index in [0.717, 1.165) is 15.8 Å². The number of carbonyl (C=O) groups is 2. The quantitative estimate of drug-likeness (QED) is 0.911. The monoisotopic (exact) mass is 358 g/mol. The van der Waals surface area contributed by atoms with Crippen LogP contribution in [0.15, 0.2) is 59.1 Å². The maximum Gasteiger partial charge on any atom is 0.247 e. The highest BCUT2D eigenvalue weighted by molar-refractivity contribution is 9.10. The number of nitrogens with zero attached hydrogens (tertiary/aromatic N) is 1. The molecule has 2 aromatic rings. The zero-order chi connectivity index (χ0) is 15.5. The number of halogens is 1. The Balaban J connectivity index is 1.79. The molecule has 5 heteroatoms. The van der Waals surface area contributed by atoms with Crippen LogP contribution in [-0.2, 0) is 9.59 Å². The van der Waals surface area contributed by atoms with Gasteiger partial charge in [0.15, 0.2) is 0 Å². The van der Waals surface area contributed by atoms with E-state index in [1.54, 1.807) is 4.90 Å². The second-order valence-corrected chi connectivity index (χ2v) is 6.07. The first kappa shape index (κ1) is 14.8. The number of nitrogens with one attached hydrogen (secondary N) is 1. The number of hydrogen-bond acceptors (Lipinski definition) is 2. The number of benzene rings is 2. The lowest BCUT2D eigenvalue weighted by Gasteiger charge is -2.24. The van der Waals surface area contributed by atoms with Crippen LogP contribution in [0, 0.1) is 0 Å². The minimum Gasteiger partial charge on any atom is -0.324 e. The number of amides is 2. The predicted molar refractivity (Wildman–Crippen MR) is 89.7 cm³/mol. The highest BCUT2D eigenvalue weighted by atomic mass is 79.9. The molecule has 1 unspecified atom stereocenters. The summed E-state index contributed by atoms with van der Waals surface area (Å²) in [5.41, 5.74) is 1.49. The molecule has 0 spiro atoms.